The molecule has 1 atom stereocenters. The molecule has 126 valence electrons. The van der Waals surface area contributed by atoms with Crippen molar-refractivity contribution in [2.45, 2.75) is 25.0 Å². The van der Waals surface area contributed by atoms with Gasteiger partial charge in [-0.05, 0) is 48.6 Å². The third-order valence-corrected chi connectivity index (χ3v) is 5.11. The summed E-state index contributed by atoms with van der Waals surface area (Å²) in [6.45, 7) is 4.62. The van der Waals surface area contributed by atoms with Crippen LogP contribution >= 0.6 is 0 Å². The van der Waals surface area contributed by atoms with Gasteiger partial charge in [0.2, 0.25) is 0 Å². The molecule has 2 aliphatic heterocycles. The van der Waals surface area contributed by atoms with Gasteiger partial charge in [0.1, 0.15) is 5.75 Å². The Morgan fingerprint density at radius 1 is 1.17 bits per heavy atom. The van der Waals surface area contributed by atoms with Crippen LogP contribution in [0, 0.1) is 5.92 Å². The lowest BCUT2D eigenvalue weighted by molar-refractivity contribution is -0.138. The zero-order valence-electron chi connectivity index (χ0n) is 13.8. The minimum Gasteiger partial charge on any atom is -0.492 e. The fourth-order valence-electron chi connectivity index (χ4n) is 3.86. The van der Waals surface area contributed by atoms with E-state index < -0.39 is 0 Å². The molecule has 5 nitrogen and oxygen atoms in total. The number of hydrogen-bond acceptors (Lipinski definition) is 5. The van der Waals surface area contributed by atoms with E-state index in [1.54, 1.807) is 12.4 Å². The van der Waals surface area contributed by atoms with Gasteiger partial charge in [-0.25, -0.2) is 0 Å². The van der Waals surface area contributed by atoms with Crippen LogP contribution in [0.5, 0.6) is 5.75 Å². The van der Waals surface area contributed by atoms with Gasteiger partial charge in [0.05, 0.1) is 18.4 Å². The zero-order chi connectivity index (χ0) is 16.2. The molecule has 0 amide bonds. The lowest BCUT2D eigenvalue weighted by atomic mass is 9.79. The van der Waals surface area contributed by atoms with Crippen LogP contribution in [0.15, 0.2) is 49.1 Å². The Balaban J connectivity index is 1.27. The minimum absolute atomic E-state index is 0.0470. The lowest BCUT2D eigenvalue weighted by Crippen LogP contribution is -2.64. The topological polar surface area (TPSA) is 47.5 Å². The van der Waals surface area contributed by atoms with E-state index in [2.05, 4.69) is 27.0 Å². The molecule has 2 aromatic heterocycles. The maximum atomic E-state index is 6.14. The molecule has 0 aliphatic carbocycles. The van der Waals surface area contributed by atoms with Gasteiger partial charge in [0.15, 0.2) is 0 Å². The first-order valence-corrected chi connectivity index (χ1v) is 8.62. The van der Waals surface area contributed by atoms with Gasteiger partial charge < -0.3 is 9.47 Å². The van der Waals surface area contributed by atoms with Crippen molar-refractivity contribution in [2.24, 2.45) is 5.92 Å². The fraction of sp³-hybridized carbons (Fsp3) is 0.474. The molecule has 2 aliphatic rings. The van der Waals surface area contributed by atoms with Crippen molar-refractivity contribution in [3.8, 4) is 5.75 Å². The number of likely N-dealkylation sites (tertiary alicyclic amines) is 1. The Morgan fingerprint density at radius 2 is 2.04 bits per heavy atom. The summed E-state index contributed by atoms with van der Waals surface area (Å²) in [5, 5.41) is 0. The highest BCUT2D eigenvalue weighted by molar-refractivity contribution is 5.16. The van der Waals surface area contributed by atoms with Crippen molar-refractivity contribution in [1.29, 1.82) is 0 Å². The van der Waals surface area contributed by atoms with Gasteiger partial charge in [-0.2, -0.15) is 0 Å². The summed E-state index contributed by atoms with van der Waals surface area (Å²) in [4.78, 5) is 10.6. The van der Waals surface area contributed by atoms with Crippen LogP contribution in [0.3, 0.4) is 0 Å². The normalized spacial score (nSPS) is 22.4. The van der Waals surface area contributed by atoms with Gasteiger partial charge >= 0.3 is 0 Å². The molecule has 0 radical (unpaired) electrons. The predicted octanol–water partition coefficient (Wildman–Crippen LogP) is 2.54. The highest BCUT2D eigenvalue weighted by Crippen LogP contribution is 2.42. The van der Waals surface area contributed by atoms with Crippen LogP contribution in [-0.4, -0.2) is 46.8 Å². The summed E-state index contributed by atoms with van der Waals surface area (Å²) in [5.41, 5.74) is 1.36. The van der Waals surface area contributed by atoms with Crippen LogP contribution in [0.4, 0.5) is 0 Å². The number of nitrogens with zero attached hydrogens (tertiary/aromatic N) is 3. The quantitative estimate of drug-likeness (QED) is 0.817. The van der Waals surface area contributed by atoms with Crippen LogP contribution in [0.1, 0.15) is 18.4 Å². The van der Waals surface area contributed by atoms with E-state index in [1.165, 1.54) is 5.56 Å². The van der Waals surface area contributed by atoms with E-state index in [1.807, 2.05) is 24.5 Å². The number of aromatic nitrogens is 2. The van der Waals surface area contributed by atoms with Gasteiger partial charge in [-0.3, -0.25) is 14.9 Å². The SMILES string of the molecule is c1cncc(OCCC2CCOC23CN(Cc2ccncc2)C3)c1. The first kappa shape index (κ1) is 15.5. The predicted molar refractivity (Wildman–Crippen MR) is 90.7 cm³/mol. The Hall–Kier alpha value is -1.98. The molecular formula is C19H23N3O2. The molecule has 0 N–H and O–H groups in total. The maximum Gasteiger partial charge on any atom is 0.137 e. The summed E-state index contributed by atoms with van der Waals surface area (Å²) < 4.78 is 12.0. The summed E-state index contributed by atoms with van der Waals surface area (Å²) in [5.74, 6) is 1.43. The molecule has 2 fully saturated rings. The average molecular weight is 325 g/mol. The van der Waals surface area contributed by atoms with Crippen LogP contribution in [0.25, 0.3) is 0 Å². The zero-order valence-corrected chi connectivity index (χ0v) is 13.8. The van der Waals surface area contributed by atoms with E-state index in [4.69, 9.17) is 9.47 Å². The molecule has 2 aromatic rings. The van der Waals surface area contributed by atoms with Gasteiger partial charge in [0.25, 0.3) is 0 Å². The third-order valence-electron chi connectivity index (χ3n) is 5.11. The Kier molecular flexibility index (Phi) is 4.45. The summed E-state index contributed by atoms with van der Waals surface area (Å²) in [7, 11) is 0. The second-order valence-electron chi connectivity index (χ2n) is 6.73. The Bertz CT molecular complexity index is 644. The second-order valence-corrected chi connectivity index (χ2v) is 6.73. The van der Waals surface area contributed by atoms with Gasteiger partial charge in [0, 0.05) is 44.8 Å². The third kappa shape index (κ3) is 3.28. The van der Waals surface area contributed by atoms with Crippen LogP contribution < -0.4 is 4.74 Å². The molecular weight excluding hydrogens is 302 g/mol. The van der Waals surface area contributed by atoms with Crippen LogP contribution in [0.2, 0.25) is 0 Å². The summed E-state index contributed by atoms with van der Waals surface area (Å²) >= 11 is 0. The molecule has 4 rings (SSSR count). The van der Waals surface area contributed by atoms with E-state index in [0.29, 0.717) is 5.92 Å². The maximum absolute atomic E-state index is 6.14. The van der Waals surface area contributed by atoms with Crippen molar-refractivity contribution < 1.29 is 9.47 Å². The Morgan fingerprint density at radius 3 is 2.83 bits per heavy atom. The van der Waals surface area contributed by atoms with Crippen molar-refractivity contribution in [3.05, 3.63) is 54.6 Å². The molecule has 5 heteroatoms. The van der Waals surface area contributed by atoms with E-state index >= 15 is 0 Å². The van der Waals surface area contributed by atoms with Crippen molar-refractivity contribution in [1.82, 2.24) is 14.9 Å². The summed E-state index contributed by atoms with van der Waals surface area (Å²) in [6, 6.07) is 8.02. The first-order valence-electron chi connectivity index (χ1n) is 8.62. The molecule has 0 bridgehead atoms. The highest BCUT2D eigenvalue weighted by atomic mass is 16.5. The Labute approximate surface area is 142 Å². The molecule has 4 heterocycles. The number of rotatable bonds is 6. The second kappa shape index (κ2) is 6.87. The average Bonchev–Trinajstić information content (AvgIpc) is 3.00. The number of hydrogen-bond donors (Lipinski definition) is 0. The molecule has 0 aromatic carbocycles. The smallest absolute Gasteiger partial charge is 0.137 e. The molecule has 0 saturated carbocycles. The molecule has 1 unspecified atom stereocenters. The van der Waals surface area contributed by atoms with Crippen LogP contribution in [-0.2, 0) is 11.3 Å². The minimum atomic E-state index is 0.0470. The molecule has 2 saturated heterocycles. The lowest BCUT2D eigenvalue weighted by Gasteiger charge is -2.50. The van der Waals surface area contributed by atoms with Crippen molar-refractivity contribution in [2.75, 3.05) is 26.3 Å². The number of pyridine rings is 2. The summed E-state index contributed by atoms with van der Waals surface area (Å²) in [6.07, 6.45) is 9.42. The van der Waals surface area contributed by atoms with Gasteiger partial charge in [-0.15, -0.1) is 0 Å². The van der Waals surface area contributed by atoms with Gasteiger partial charge in [-0.1, -0.05) is 0 Å². The number of ether oxygens (including phenoxy) is 2. The first-order chi connectivity index (χ1) is 11.8. The van der Waals surface area contributed by atoms with E-state index in [9.17, 15) is 0 Å². The monoisotopic (exact) mass is 325 g/mol. The largest absolute Gasteiger partial charge is 0.492 e. The molecule has 24 heavy (non-hydrogen) atoms. The van der Waals surface area contributed by atoms with E-state index in [-0.39, 0.29) is 5.60 Å². The van der Waals surface area contributed by atoms with E-state index in [0.717, 1.165) is 51.4 Å². The highest BCUT2D eigenvalue weighted by Gasteiger charge is 2.52. The van der Waals surface area contributed by atoms with Crippen molar-refractivity contribution >= 4 is 0 Å². The standard InChI is InChI=1S/C19H23N3O2/c1-2-18(12-21-7-1)23-10-5-17-6-11-24-19(17)14-22(15-19)13-16-3-8-20-9-4-16/h1-4,7-9,12,17H,5-6,10-11,13-15H2. The molecule has 1 spiro atoms. The van der Waals surface area contributed by atoms with Crippen molar-refractivity contribution in [3.63, 3.8) is 0 Å². The fourth-order valence-corrected chi connectivity index (χ4v) is 3.86.